The van der Waals surface area contributed by atoms with Crippen LogP contribution in [0.4, 0.5) is 0 Å². The van der Waals surface area contributed by atoms with Gasteiger partial charge in [0.25, 0.3) is 10.1 Å². The second-order valence-corrected chi connectivity index (χ2v) is 11.6. The maximum absolute atomic E-state index is 12.9. The number of carbonyl (C=O) groups is 4. The van der Waals surface area contributed by atoms with E-state index >= 15 is 0 Å². The summed E-state index contributed by atoms with van der Waals surface area (Å²) in [5, 5.41) is 16.3. The number of primary amides is 1. The number of amides is 2. The predicted octanol–water partition coefficient (Wildman–Crippen LogP) is 1.54. The van der Waals surface area contributed by atoms with Crippen molar-refractivity contribution in [3.05, 3.63) is 0 Å². The van der Waals surface area contributed by atoms with Gasteiger partial charge in [0.2, 0.25) is 11.8 Å². The van der Waals surface area contributed by atoms with Crippen LogP contribution in [-0.2, 0) is 29.3 Å². The second-order valence-electron chi connectivity index (χ2n) is 9.96. The average molecular weight is 661 g/mol. The van der Waals surface area contributed by atoms with Crippen LogP contribution in [0.15, 0.2) is 0 Å². The summed E-state index contributed by atoms with van der Waals surface area (Å²) in [6.45, 7) is 1.99. The zero-order chi connectivity index (χ0) is 29.0. The minimum absolute atomic E-state index is 0. The molecule has 0 saturated carbocycles. The summed E-state index contributed by atoms with van der Waals surface area (Å²) in [5.74, 6) is -5.68. The quantitative estimate of drug-likeness (QED) is 0.0639. The third kappa shape index (κ3) is 28.0. The van der Waals surface area contributed by atoms with E-state index in [1.54, 1.807) is 0 Å². The van der Waals surface area contributed by atoms with Crippen LogP contribution in [0.2, 0.25) is 0 Å². The molecule has 0 rings (SSSR count). The van der Waals surface area contributed by atoms with E-state index in [0.717, 1.165) is 25.7 Å². The summed E-state index contributed by atoms with van der Waals surface area (Å²) in [6, 6.07) is -1.85. The number of aliphatic carboxylic acids is 2. The Labute approximate surface area is 340 Å². The molecule has 2 unspecified atom stereocenters. The van der Waals surface area contributed by atoms with Gasteiger partial charge in [-0.1, -0.05) is 103 Å². The van der Waals surface area contributed by atoms with Crippen LogP contribution in [0, 0.1) is 0 Å². The van der Waals surface area contributed by atoms with Crippen molar-refractivity contribution < 1.29 is 42.4 Å². The Morgan fingerprint density at radius 1 is 0.667 bits per heavy atom. The van der Waals surface area contributed by atoms with E-state index in [1.807, 2.05) is 0 Å². The zero-order valence-corrected chi connectivity index (χ0v) is 23.6. The summed E-state index contributed by atoms with van der Waals surface area (Å²) in [7, 11) is -5.09. The van der Waals surface area contributed by atoms with E-state index in [0.29, 0.717) is 17.7 Å². The Bertz CT molecular complexity index is 837. The Morgan fingerprint density at radius 2 is 1.02 bits per heavy atom. The van der Waals surface area contributed by atoms with Gasteiger partial charge >= 0.3 is 130 Å². The molecule has 0 aromatic carbocycles. The first-order chi connectivity index (χ1) is 17.9. The van der Waals surface area contributed by atoms with E-state index in [2.05, 4.69) is 6.92 Å². The van der Waals surface area contributed by atoms with Crippen molar-refractivity contribution in [3.63, 3.8) is 0 Å². The monoisotopic (exact) mass is 660 g/mol. The average Bonchev–Trinajstić information content (AvgIpc) is 2.82. The fourth-order valence-electron chi connectivity index (χ4n) is 4.43. The number of hydrogen-bond acceptors (Lipinski definition) is 6. The van der Waals surface area contributed by atoms with Crippen LogP contribution < -0.4 is 5.73 Å². The van der Waals surface area contributed by atoms with Gasteiger partial charge < -0.3 is 20.8 Å². The fourth-order valence-corrected chi connectivity index (χ4v) is 5.20. The van der Waals surface area contributed by atoms with Gasteiger partial charge in [0.15, 0.2) is 5.25 Å². The number of rotatable bonds is 25. The molecule has 2 atom stereocenters. The van der Waals surface area contributed by atoms with Crippen LogP contribution in [0.5, 0.6) is 0 Å². The van der Waals surface area contributed by atoms with Gasteiger partial charge in [-0.3, -0.25) is 18.9 Å². The number of unbranched alkanes of at least 4 members (excludes halogenated alkanes) is 15. The van der Waals surface area contributed by atoms with Crippen LogP contribution in [0.1, 0.15) is 122 Å². The van der Waals surface area contributed by atoms with Crippen molar-refractivity contribution in [1.29, 1.82) is 0 Å². The van der Waals surface area contributed by atoms with E-state index in [9.17, 15) is 37.3 Å². The van der Waals surface area contributed by atoms with Crippen LogP contribution in [0.25, 0.3) is 0 Å². The van der Waals surface area contributed by atoms with Gasteiger partial charge in [-0.15, -0.1) is 0 Å². The third-order valence-corrected chi connectivity index (χ3v) is 7.67. The van der Waals surface area contributed by atoms with E-state index in [-0.39, 0.29) is 125 Å². The van der Waals surface area contributed by atoms with Gasteiger partial charge in [0.05, 0.1) is 12.8 Å². The van der Waals surface area contributed by atoms with Gasteiger partial charge in [-0.05, 0) is 6.42 Å². The molecule has 42 heavy (non-hydrogen) atoms. The molecule has 0 saturated heterocycles. The first kappa shape index (κ1) is 53.3. The third-order valence-electron chi connectivity index (χ3n) is 6.59. The summed E-state index contributed by atoms with van der Waals surface area (Å²) in [6.07, 6.45) is 15.8. The summed E-state index contributed by atoms with van der Waals surface area (Å²) in [4.78, 5) is 47.6. The van der Waals surface area contributed by atoms with Crippen LogP contribution in [0.3, 0.4) is 0 Å². The summed E-state index contributed by atoms with van der Waals surface area (Å²) < 4.78 is 32.8. The Morgan fingerprint density at radius 3 is 1.31 bits per heavy atom. The number of carbonyl (C=O) groups excluding carboxylic acids is 2. The predicted molar refractivity (Wildman–Crippen MR) is 173 cm³/mol. The summed E-state index contributed by atoms with van der Waals surface area (Å²) in [5.41, 5.74) is 4.99. The number of carboxylic acids is 2. The van der Waals surface area contributed by atoms with E-state index < -0.39 is 58.0 Å². The molecular weight excluding hydrogens is 608 g/mol. The van der Waals surface area contributed by atoms with Crippen LogP contribution in [-0.4, -0.2) is 188 Å². The standard InChI is InChI=1S/C26H48N2O9S.4Na.4H/c1-2-3-4-5-6-7-8-9-10-11-12-13-14-15-16-17-18-28(21(26(33)34)19-24(30)31)25(32)22(20-23(27)29)38(35,36)37;;;;;;;;/h21-22H,2-20H2,1H3,(H2,27,29)(H,30,31)(H,33,34)(H,35,36,37);;;;;;;;. The van der Waals surface area contributed by atoms with Gasteiger partial charge in [0.1, 0.15) is 6.04 Å². The van der Waals surface area contributed by atoms with E-state index in [1.165, 1.54) is 64.2 Å². The van der Waals surface area contributed by atoms with Crippen molar-refractivity contribution in [2.24, 2.45) is 5.73 Å². The molecular formula is C26H52N2Na4O9S. The van der Waals surface area contributed by atoms with Crippen molar-refractivity contribution in [3.8, 4) is 0 Å². The van der Waals surface area contributed by atoms with Crippen LogP contribution >= 0.6 is 0 Å². The minimum atomic E-state index is -5.09. The fraction of sp³-hybridized carbons (Fsp3) is 0.846. The molecule has 230 valence electrons. The van der Waals surface area contributed by atoms with Crippen molar-refractivity contribution in [1.82, 2.24) is 4.90 Å². The first-order valence-corrected chi connectivity index (χ1v) is 15.4. The Kier molecular flexibility index (Phi) is 41.5. The number of nitrogens with two attached hydrogens (primary N) is 1. The molecule has 16 heteroatoms. The molecule has 11 nitrogen and oxygen atoms in total. The number of carboxylic acid groups (broad SMARTS) is 2. The second kappa shape index (κ2) is 32.7. The molecule has 0 fully saturated rings. The topological polar surface area (TPSA) is 192 Å². The molecule has 0 bridgehead atoms. The molecule has 0 aromatic heterocycles. The van der Waals surface area contributed by atoms with Crippen molar-refractivity contribution in [2.75, 3.05) is 6.54 Å². The van der Waals surface area contributed by atoms with Gasteiger partial charge in [-0.2, -0.15) is 8.42 Å². The maximum atomic E-state index is 12.9. The molecule has 0 aliphatic heterocycles. The first-order valence-electron chi connectivity index (χ1n) is 13.9. The number of hydrogen-bond donors (Lipinski definition) is 4. The molecule has 0 heterocycles. The molecule has 0 spiro atoms. The molecule has 0 aliphatic rings. The molecule has 0 radical (unpaired) electrons. The molecule has 5 N–H and O–H groups in total. The molecule has 0 aliphatic carbocycles. The SMILES string of the molecule is CCCCCCCCCCCCCCCCCCN(C(=O)C(CC(N)=O)S(=O)(=O)O)C(CC(=O)O)C(=O)O.[NaH].[NaH].[NaH].[NaH]. The van der Waals surface area contributed by atoms with Crippen molar-refractivity contribution >= 4 is 152 Å². The normalized spacial score (nSPS) is 11.9. The van der Waals surface area contributed by atoms with E-state index in [4.69, 9.17) is 10.8 Å². The number of nitrogens with zero attached hydrogens (tertiary/aromatic N) is 1. The van der Waals surface area contributed by atoms with Gasteiger partial charge in [-0.25, -0.2) is 4.79 Å². The Hall–Kier alpha value is 1.79. The van der Waals surface area contributed by atoms with Crippen molar-refractivity contribution in [2.45, 2.75) is 134 Å². The summed E-state index contributed by atoms with van der Waals surface area (Å²) >= 11 is 0. The Balaban J connectivity index is -0.00000114. The molecule has 2 amide bonds. The zero-order valence-electron chi connectivity index (χ0n) is 22.8. The molecule has 0 aromatic rings. The van der Waals surface area contributed by atoms with Gasteiger partial charge in [0, 0.05) is 6.54 Å².